The minimum atomic E-state index is -0.491. The van der Waals surface area contributed by atoms with Crippen LogP contribution in [0.2, 0.25) is 10.0 Å². The number of carbonyl (C=O) groups excluding carboxylic acids is 1. The number of halogens is 2. The lowest BCUT2D eigenvalue weighted by Gasteiger charge is -2.10. The van der Waals surface area contributed by atoms with E-state index in [2.05, 4.69) is 10.9 Å². The number of nitro benzene ring substituents is 1. The maximum atomic E-state index is 11.7. The Labute approximate surface area is 154 Å². The lowest BCUT2D eigenvalue weighted by molar-refractivity contribution is -0.384. The highest BCUT2D eigenvalue weighted by Crippen LogP contribution is 2.27. The lowest BCUT2D eigenvalue weighted by Crippen LogP contribution is -2.29. The van der Waals surface area contributed by atoms with Gasteiger partial charge >= 0.3 is 0 Å². The van der Waals surface area contributed by atoms with E-state index in [0.717, 1.165) is 0 Å². The van der Waals surface area contributed by atoms with Gasteiger partial charge in [-0.3, -0.25) is 25.8 Å². The summed E-state index contributed by atoms with van der Waals surface area (Å²) in [6.07, 6.45) is 0.734. The minimum absolute atomic E-state index is 0.0186. The molecule has 0 spiro atoms. The summed E-state index contributed by atoms with van der Waals surface area (Å²) in [6.45, 7) is 0.326. The van der Waals surface area contributed by atoms with E-state index in [1.165, 1.54) is 24.3 Å². The van der Waals surface area contributed by atoms with Crippen molar-refractivity contribution in [2.24, 2.45) is 0 Å². The molecule has 2 aromatic carbocycles. The summed E-state index contributed by atoms with van der Waals surface area (Å²) in [4.78, 5) is 21.8. The first-order chi connectivity index (χ1) is 12.0. The number of nitro groups is 1. The molecule has 2 rings (SSSR count). The molecule has 0 atom stereocenters. The van der Waals surface area contributed by atoms with Crippen molar-refractivity contribution in [3.05, 3.63) is 62.6 Å². The fourth-order valence-electron chi connectivity index (χ4n) is 1.88. The summed E-state index contributed by atoms with van der Waals surface area (Å²) >= 11 is 11.8. The monoisotopic (exact) mass is 383 g/mol. The van der Waals surface area contributed by atoms with Crippen LogP contribution in [0.15, 0.2) is 42.5 Å². The molecule has 132 valence electrons. The Balaban J connectivity index is 1.67. The molecule has 25 heavy (non-hydrogen) atoms. The summed E-state index contributed by atoms with van der Waals surface area (Å²) in [5.41, 5.74) is 5.72. The van der Waals surface area contributed by atoms with Gasteiger partial charge in [-0.1, -0.05) is 23.2 Å². The van der Waals surface area contributed by atoms with Gasteiger partial charge in [0.25, 0.3) is 5.69 Å². The van der Waals surface area contributed by atoms with Crippen LogP contribution in [-0.4, -0.2) is 17.4 Å². The lowest BCUT2D eigenvalue weighted by atomic mass is 10.3. The molecular formula is C16H15Cl2N3O4. The molecule has 0 radical (unpaired) electrons. The van der Waals surface area contributed by atoms with Gasteiger partial charge in [0.2, 0.25) is 5.91 Å². The van der Waals surface area contributed by atoms with E-state index in [9.17, 15) is 14.9 Å². The molecular weight excluding hydrogens is 369 g/mol. The fourth-order valence-corrected chi connectivity index (χ4v) is 2.34. The zero-order chi connectivity index (χ0) is 18.2. The Morgan fingerprint density at radius 3 is 2.52 bits per heavy atom. The summed E-state index contributed by atoms with van der Waals surface area (Å²) < 4.78 is 5.49. The van der Waals surface area contributed by atoms with Gasteiger partial charge in [-0.15, -0.1) is 0 Å². The predicted octanol–water partition coefficient (Wildman–Crippen LogP) is 4.20. The number of nitrogens with one attached hydrogen (secondary N) is 2. The molecule has 9 heteroatoms. The summed E-state index contributed by atoms with van der Waals surface area (Å²) in [6, 6.07) is 10.6. The van der Waals surface area contributed by atoms with E-state index < -0.39 is 4.92 Å². The number of hydrazine groups is 1. The molecule has 1 amide bonds. The molecule has 0 aliphatic rings. The van der Waals surface area contributed by atoms with Crippen molar-refractivity contribution in [3.63, 3.8) is 0 Å². The smallest absolute Gasteiger partial charge is 0.269 e. The highest BCUT2D eigenvalue weighted by atomic mass is 35.5. The van der Waals surface area contributed by atoms with Crippen LogP contribution in [0.5, 0.6) is 5.75 Å². The van der Waals surface area contributed by atoms with E-state index in [0.29, 0.717) is 34.5 Å². The molecule has 0 aromatic heterocycles. The van der Waals surface area contributed by atoms with Crippen molar-refractivity contribution in [2.45, 2.75) is 12.8 Å². The highest BCUT2D eigenvalue weighted by Gasteiger charge is 2.06. The number of rotatable bonds is 8. The average Bonchev–Trinajstić information content (AvgIpc) is 2.58. The quantitative estimate of drug-likeness (QED) is 0.404. The number of benzene rings is 2. The Hall–Kier alpha value is -2.51. The molecule has 0 aliphatic carbocycles. The normalized spacial score (nSPS) is 10.2. The number of nitrogens with zero attached hydrogens (tertiary/aromatic N) is 1. The summed E-state index contributed by atoms with van der Waals surface area (Å²) in [5, 5.41) is 11.5. The van der Waals surface area contributed by atoms with Crippen molar-refractivity contribution in [3.8, 4) is 5.75 Å². The number of ether oxygens (including phenoxy) is 1. The first-order valence-corrected chi connectivity index (χ1v) is 8.08. The van der Waals surface area contributed by atoms with Crippen LogP contribution in [-0.2, 0) is 4.79 Å². The number of non-ortho nitro benzene ring substituents is 1. The van der Waals surface area contributed by atoms with Crippen molar-refractivity contribution in [1.29, 1.82) is 0 Å². The van der Waals surface area contributed by atoms with Gasteiger partial charge in [-0.25, -0.2) is 0 Å². The SMILES string of the molecule is O=C(CCCOc1ccc(Cl)cc1Cl)NNc1ccc([N+](=O)[O-])cc1. The molecule has 7 nitrogen and oxygen atoms in total. The third-order valence-electron chi connectivity index (χ3n) is 3.12. The zero-order valence-electron chi connectivity index (χ0n) is 13.0. The first-order valence-electron chi connectivity index (χ1n) is 7.33. The van der Waals surface area contributed by atoms with Gasteiger partial charge in [0.05, 0.1) is 22.2 Å². The summed E-state index contributed by atoms with van der Waals surface area (Å²) in [7, 11) is 0. The van der Waals surface area contributed by atoms with Crippen LogP contribution in [0.25, 0.3) is 0 Å². The number of hydrogen-bond donors (Lipinski definition) is 2. The number of amides is 1. The maximum absolute atomic E-state index is 11.7. The molecule has 0 saturated carbocycles. The molecule has 0 unspecified atom stereocenters. The van der Waals surface area contributed by atoms with Gasteiger partial charge in [-0.2, -0.15) is 0 Å². The summed E-state index contributed by atoms with van der Waals surface area (Å²) in [5.74, 6) is 0.277. The van der Waals surface area contributed by atoms with Gasteiger partial charge in [-0.05, 0) is 36.8 Å². The van der Waals surface area contributed by atoms with Crippen LogP contribution in [0.3, 0.4) is 0 Å². The maximum Gasteiger partial charge on any atom is 0.269 e. The third-order valence-corrected chi connectivity index (χ3v) is 3.65. The zero-order valence-corrected chi connectivity index (χ0v) is 14.5. The second-order valence-electron chi connectivity index (χ2n) is 5.00. The number of anilines is 1. The molecule has 0 bridgehead atoms. The van der Waals surface area contributed by atoms with E-state index >= 15 is 0 Å². The Kier molecular flexibility index (Phi) is 6.85. The molecule has 0 heterocycles. The minimum Gasteiger partial charge on any atom is -0.492 e. The van der Waals surface area contributed by atoms with Gasteiger partial charge in [0.15, 0.2) is 0 Å². The Morgan fingerprint density at radius 2 is 1.88 bits per heavy atom. The molecule has 0 fully saturated rings. The van der Waals surface area contributed by atoms with Crippen LogP contribution < -0.4 is 15.6 Å². The van der Waals surface area contributed by atoms with Crippen LogP contribution in [0.4, 0.5) is 11.4 Å². The van der Waals surface area contributed by atoms with Crippen molar-refractivity contribution in [1.82, 2.24) is 5.43 Å². The van der Waals surface area contributed by atoms with E-state index in [1.54, 1.807) is 18.2 Å². The standard InChI is InChI=1S/C16H15Cl2N3O4/c17-11-3-8-15(14(18)10-11)25-9-1-2-16(22)20-19-12-4-6-13(7-5-12)21(23)24/h3-8,10,19H,1-2,9H2,(H,20,22). The molecule has 0 saturated heterocycles. The van der Waals surface area contributed by atoms with Crippen molar-refractivity contribution in [2.75, 3.05) is 12.0 Å². The number of hydrogen-bond acceptors (Lipinski definition) is 5. The van der Waals surface area contributed by atoms with Gasteiger partial charge in [0, 0.05) is 23.6 Å². The van der Waals surface area contributed by atoms with Crippen LogP contribution in [0, 0.1) is 10.1 Å². The third kappa shape index (κ3) is 6.13. The van der Waals surface area contributed by atoms with E-state index in [-0.39, 0.29) is 18.0 Å². The van der Waals surface area contributed by atoms with E-state index in [1.807, 2.05) is 0 Å². The van der Waals surface area contributed by atoms with Crippen LogP contribution >= 0.6 is 23.2 Å². The predicted molar refractivity (Wildman–Crippen MR) is 96.1 cm³/mol. The Morgan fingerprint density at radius 1 is 1.16 bits per heavy atom. The van der Waals surface area contributed by atoms with Gasteiger partial charge < -0.3 is 4.74 Å². The van der Waals surface area contributed by atoms with Gasteiger partial charge in [0.1, 0.15) is 5.75 Å². The average molecular weight is 384 g/mol. The topological polar surface area (TPSA) is 93.5 Å². The fraction of sp³-hybridized carbons (Fsp3) is 0.188. The van der Waals surface area contributed by atoms with Crippen molar-refractivity contribution >= 4 is 40.5 Å². The first kappa shape index (κ1) is 18.8. The second kappa shape index (κ2) is 9.10. The Bertz CT molecular complexity index is 754. The van der Waals surface area contributed by atoms with E-state index in [4.69, 9.17) is 27.9 Å². The molecule has 2 aromatic rings. The molecule has 0 aliphatic heterocycles. The van der Waals surface area contributed by atoms with Crippen molar-refractivity contribution < 1.29 is 14.5 Å². The number of carbonyl (C=O) groups is 1. The second-order valence-corrected chi connectivity index (χ2v) is 5.85. The molecule has 2 N–H and O–H groups in total. The highest BCUT2D eigenvalue weighted by molar-refractivity contribution is 6.35. The largest absolute Gasteiger partial charge is 0.492 e. The van der Waals surface area contributed by atoms with Crippen LogP contribution in [0.1, 0.15) is 12.8 Å².